The van der Waals surface area contributed by atoms with Crippen LogP contribution in [-0.2, 0) is 0 Å². The lowest BCUT2D eigenvalue weighted by Crippen LogP contribution is -1.22. The molecule has 0 saturated heterocycles. The van der Waals surface area contributed by atoms with Crippen LogP contribution < -0.4 is 0 Å². The Balaban J connectivity index is 2.80. The van der Waals surface area contributed by atoms with E-state index < -0.39 is 0 Å². The molecule has 0 aliphatic carbocycles. The Labute approximate surface area is 33.0 Å². The van der Waals surface area contributed by atoms with Crippen LogP contribution in [0.2, 0.25) is 0 Å². The van der Waals surface area contributed by atoms with E-state index in [9.17, 15) is 0 Å². The monoisotopic (exact) mass is 94.0 g/mol. The lowest BCUT2D eigenvalue weighted by atomic mass is 11.3. The predicted octanol–water partition coefficient (Wildman–Crippen LogP) is 1.57. The van der Waals surface area contributed by atoms with E-state index in [1.807, 2.05) is 0 Å². The molecule has 0 amide bonds. The van der Waals surface area contributed by atoms with E-state index in [0.29, 0.717) is 4.77 Å². The Kier molecular flexibility index (Phi) is 1.95. The molecule has 0 aromatic carbocycles. The average Bonchev–Trinajstić information content (AvgIpc) is 0.811. The van der Waals surface area contributed by atoms with E-state index in [4.69, 9.17) is 11.6 Å². The van der Waals surface area contributed by atoms with E-state index in [1.54, 1.807) is 0 Å². The molecule has 0 N–H and O–H groups in total. The zero-order valence-electron chi connectivity index (χ0n) is 2.16. The number of hydrogen-bond donors (Lipinski definition) is 0. The fourth-order valence-corrected chi connectivity index (χ4v) is 0. The SMILES string of the molecule is C=C(P)Cl. The number of hydrogen-bond acceptors (Lipinski definition) is 0. The van der Waals surface area contributed by atoms with E-state index in [2.05, 4.69) is 15.8 Å². The molecule has 0 rings (SSSR count). The highest BCUT2D eigenvalue weighted by atomic mass is 35.5. The van der Waals surface area contributed by atoms with Gasteiger partial charge in [-0.05, 0) is 0 Å². The predicted molar refractivity (Wildman–Crippen MR) is 24.7 cm³/mol. The Morgan fingerprint density at radius 3 is 2.00 bits per heavy atom. The summed E-state index contributed by atoms with van der Waals surface area (Å²) in [6, 6.07) is 0. The van der Waals surface area contributed by atoms with Gasteiger partial charge in [0.15, 0.2) is 0 Å². The maximum Gasteiger partial charge on any atom is 0.0279 e. The van der Waals surface area contributed by atoms with E-state index in [-0.39, 0.29) is 0 Å². The van der Waals surface area contributed by atoms with Crippen molar-refractivity contribution >= 4 is 20.8 Å². The first-order chi connectivity index (χ1) is 1.73. The second kappa shape index (κ2) is 1.75. The van der Waals surface area contributed by atoms with E-state index in [1.165, 1.54) is 0 Å². The third kappa shape index (κ3) is 24.8. The van der Waals surface area contributed by atoms with Gasteiger partial charge in [-0.3, -0.25) is 0 Å². The topological polar surface area (TPSA) is 0 Å². The van der Waals surface area contributed by atoms with E-state index >= 15 is 0 Å². The van der Waals surface area contributed by atoms with Crippen molar-refractivity contribution in [3.8, 4) is 0 Å². The second-order valence-electron chi connectivity index (χ2n) is 0.447. The van der Waals surface area contributed by atoms with Crippen molar-refractivity contribution in [1.29, 1.82) is 0 Å². The van der Waals surface area contributed by atoms with Crippen LogP contribution in [0.4, 0.5) is 0 Å². The minimum Gasteiger partial charge on any atom is -0.0937 e. The molecule has 0 bridgehead atoms. The van der Waals surface area contributed by atoms with Gasteiger partial charge in [0.05, 0.1) is 0 Å². The molecule has 0 aromatic rings. The van der Waals surface area contributed by atoms with Crippen LogP contribution in [-0.4, -0.2) is 0 Å². The fraction of sp³-hybridized carbons (Fsp3) is 0. The third-order valence-corrected chi connectivity index (χ3v) is 0. The van der Waals surface area contributed by atoms with Gasteiger partial charge in [0.1, 0.15) is 0 Å². The van der Waals surface area contributed by atoms with Gasteiger partial charge in [-0.15, -0.1) is 0 Å². The Morgan fingerprint density at radius 1 is 2.00 bits per heavy atom. The molecular formula is C2H4ClP. The van der Waals surface area contributed by atoms with Crippen molar-refractivity contribution in [2.45, 2.75) is 0 Å². The molecule has 1 atom stereocenters. The molecule has 0 radical (unpaired) electrons. The van der Waals surface area contributed by atoms with Gasteiger partial charge in [-0.1, -0.05) is 27.4 Å². The highest BCUT2D eigenvalue weighted by Crippen LogP contribution is 2.03. The zero-order valence-corrected chi connectivity index (χ0v) is 4.07. The first-order valence-electron chi connectivity index (χ1n) is 0.831. The fourth-order valence-electron chi connectivity index (χ4n) is 0. The van der Waals surface area contributed by atoms with Gasteiger partial charge in [0.2, 0.25) is 0 Å². The largest absolute Gasteiger partial charge is 0.0937 e. The molecule has 0 saturated carbocycles. The lowest BCUT2D eigenvalue weighted by Gasteiger charge is -1.61. The van der Waals surface area contributed by atoms with Gasteiger partial charge >= 0.3 is 0 Å². The maximum absolute atomic E-state index is 5.04. The smallest absolute Gasteiger partial charge is 0.0279 e. The summed E-state index contributed by atoms with van der Waals surface area (Å²) in [5, 5.41) is 0. The van der Waals surface area contributed by atoms with Gasteiger partial charge in [-0.2, -0.15) is 0 Å². The van der Waals surface area contributed by atoms with Crippen molar-refractivity contribution < 1.29 is 0 Å². The summed E-state index contributed by atoms with van der Waals surface area (Å²) in [5.74, 6) is 0. The Hall–Kier alpha value is 0.460. The number of rotatable bonds is 0. The van der Waals surface area contributed by atoms with Crippen LogP contribution in [0.3, 0.4) is 0 Å². The molecular weight excluding hydrogens is 90.4 g/mol. The Morgan fingerprint density at radius 2 is 2.00 bits per heavy atom. The lowest BCUT2D eigenvalue weighted by molar-refractivity contribution is 2.50. The molecule has 4 heavy (non-hydrogen) atoms. The average molecular weight is 94.5 g/mol. The second-order valence-corrected chi connectivity index (χ2v) is 2.00. The summed E-state index contributed by atoms with van der Waals surface area (Å²) in [7, 11) is 2.23. The first-order valence-corrected chi connectivity index (χ1v) is 1.79. The van der Waals surface area contributed by atoms with Crippen molar-refractivity contribution in [2.24, 2.45) is 0 Å². The molecule has 0 heterocycles. The minimum absolute atomic E-state index is 0.556. The van der Waals surface area contributed by atoms with Crippen LogP contribution in [0, 0.1) is 0 Å². The molecule has 0 aliphatic rings. The third-order valence-electron chi connectivity index (χ3n) is 0. The number of halogens is 1. The van der Waals surface area contributed by atoms with Crippen molar-refractivity contribution in [3.05, 3.63) is 11.4 Å². The summed E-state index contributed by atoms with van der Waals surface area (Å²) in [6.07, 6.45) is 0. The molecule has 0 nitrogen and oxygen atoms in total. The molecule has 0 fully saturated rings. The van der Waals surface area contributed by atoms with Gasteiger partial charge in [-0.25, -0.2) is 0 Å². The van der Waals surface area contributed by atoms with E-state index in [0.717, 1.165) is 0 Å². The first kappa shape index (κ1) is 4.46. The van der Waals surface area contributed by atoms with Crippen LogP contribution in [0.5, 0.6) is 0 Å². The molecule has 24 valence electrons. The minimum atomic E-state index is 0.556. The van der Waals surface area contributed by atoms with Gasteiger partial charge in [0.25, 0.3) is 0 Å². The van der Waals surface area contributed by atoms with Crippen molar-refractivity contribution in [1.82, 2.24) is 0 Å². The highest BCUT2D eigenvalue weighted by Gasteiger charge is 1.55. The Bertz CT molecular complexity index is 29.0. The summed E-state index contributed by atoms with van der Waals surface area (Å²) >= 11 is 5.04. The van der Waals surface area contributed by atoms with Crippen molar-refractivity contribution in [2.75, 3.05) is 0 Å². The molecule has 0 spiro atoms. The summed E-state index contributed by atoms with van der Waals surface area (Å²) in [6.45, 7) is 3.28. The quantitative estimate of drug-likeness (QED) is 0.400. The molecule has 2 heteroatoms. The summed E-state index contributed by atoms with van der Waals surface area (Å²) in [5.41, 5.74) is 0. The van der Waals surface area contributed by atoms with Gasteiger partial charge in [0, 0.05) is 4.77 Å². The summed E-state index contributed by atoms with van der Waals surface area (Å²) < 4.78 is 0.556. The molecule has 0 aliphatic heterocycles. The van der Waals surface area contributed by atoms with Crippen molar-refractivity contribution in [3.63, 3.8) is 0 Å². The highest BCUT2D eigenvalue weighted by molar-refractivity contribution is 7.26. The van der Waals surface area contributed by atoms with Crippen LogP contribution in [0.15, 0.2) is 11.4 Å². The maximum atomic E-state index is 5.04. The molecule has 1 unspecified atom stereocenters. The van der Waals surface area contributed by atoms with Crippen LogP contribution >= 0.6 is 20.8 Å². The standard InChI is InChI=1S/C2H4ClP/c1-2(3)4/h1,4H2. The molecule has 0 aromatic heterocycles. The van der Waals surface area contributed by atoms with Crippen LogP contribution in [0.1, 0.15) is 0 Å². The van der Waals surface area contributed by atoms with Crippen LogP contribution in [0.25, 0.3) is 0 Å². The zero-order chi connectivity index (χ0) is 3.58. The summed E-state index contributed by atoms with van der Waals surface area (Å²) in [4.78, 5) is 0. The normalized spacial score (nSPS) is 6.50. The van der Waals surface area contributed by atoms with Gasteiger partial charge < -0.3 is 0 Å².